The molecule has 0 saturated heterocycles. The van der Waals surface area contributed by atoms with Gasteiger partial charge in [-0.05, 0) is 63.7 Å². The third-order valence-electron chi connectivity index (χ3n) is 10.7. The van der Waals surface area contributed by atoms with E-state index in [0.717, 1.165) is 0 Å². The van der Waals surface area contributed by atoms with Gasteiger partial charge < -0.3 is 0 Å². The fourth-order valence-corrected chi connectivity index (χ4v) is 18.9. The highest BCUT2D eigenvalue weighted by molar-refractivity contribution is 7.22. The molecule has 8 aromatic rings. The van der Waals surface area contributed by atoms with Gasteiger partial charge in [0, 0.05) is 0 Å². The second kappa shape index (κ2) is 12.6. The summed E-state index contributed by atoms with van der Waals surface area (Å²) in [5, 5.41) is 11.2. The molecule has 1 aliphatic rings. The molecule has 8 aromatic carbocycles. The number of fused-ring (bicyclic) bond motifs is 5. The molecule has 0 spiro atoms. The minimum atomic E-state index is -2.92. The first-order chi connectivity index (χ1) is 24.8. The van der Waals surface area contributed by atoms with Gasteiger partial charge in [0.05, 0.1) is 0 Å². The second-order valence-electron chi connectivity index (χ2n) is 13.2. The van der Waals surface area contributed by atoms with Gasteiger partial charge in [0.25, 0.3) is 0 Å². The van der Waals surface area contributed by atoms with Crippen molar-refractivity contribution >= 4 is 57.6 Å². The van der Waals surface area contributed by atoms with E-state index >= 15 is 0 Å². The fraction of sp³-hybridized carbons (Fsp3) is 0. The molecule has 50 heavy (non-hydrogen) atoms. The van der Waals surface area contributed by atoms with Crippen LogP contribution in [0.25, 0.3) is 22.3 Å². The zero-order valence-corrected chi connectivity index (χ0v) is 29.8. The van der Waals surface area contributed by atoms with Gasteiger partial charge >= 0.3 is 0 Å². The first kappa shape index (κ1) is 30.3. The van der Waals surface area contributed by atoms with E-state index in [-0.39, 0.29) is 0 Å². The van der Waals surface area contributed by atoms with Crippen molar-refractivity contribution in [3.05, 3.63) is 218 Å². The quantitative estimate of drug-likeness (QED) is 0.149. The maximum absolute atomic E-state index is 2.92. The van der Waals surface area contributed by atoms with Crippen LogP contribution < -0.4 is 41.5 Å². The van der Waals surface area contributed by atoms with Crippen LogP contribution in [0, 0.1) is 0 Å². The van der Waals surface area contributed by atoms with E-state index in [1.54, 1.807) is 0 Å². The van der Waals surface area contributed by atoms with Crippen molar-refractivity contribution in [2.24, 2.45) is 0 Å². The molecule has 0 radical (unpaired) electrons. The van der Waals surface area contributed by atoms with Crippen LogP contribution in [0.1, 0.15) is 0 Å². The molecule has 0 bridgehead atoms. The average Bonchev–Trinajstić information content (AvgIpc) is 3.32. The summed E-state index contributed by atoms with van der Waals surface area (Å²) in [6.45, 7) is 0. The maximum Gasteiger partial charge on any atom is 0.180 e. The van der Waals surface area contributed by atoms with Gasteiger partial charge in [-0.15, -0.1) is 0 Å². The normalized spacial score (nSPS) is 13.0. The molecule has 0 unspecified atom stereocenters. The number of rotatable bonds is 6. The van der Waals surface area contributed by atoms with Gasteiger partial charge in [-0.1, -0.05) is 218 Å². The number of hydrogen-bond acceptors (Lipinski definition) is 0. The van der Waals surface area contributed by atoms with Crippen LogP contribution in [0.2, 0.25) is 0 Å². The van der Waals surface area contributed by atoms with Gasteiger partial charge in [-0.25, -0.2) is 0 Å². The molecule has 0 fully saturated rings. The van der Waals surface area contributed by atoms with Crippen molar-refractivity contribution in [1.29, 1.82) is 0 Å². The van der Waals surface area contributed by atoms with E-state index in [9.17, 15) is 0 Å². The standard InChI is InChI=1S/C48H36Si2/c1-5-20-37(21-6-1)49(38-22-7-2-8-23-38,39-24-9-3-10-25-39)41-28-19-29-42(36-41)50(40-26-11-4-12-27-40)47-34-17-15-32-45(47)43-30-13-14-31-44(43)46-33-16-18-35-48(46)50/h1-36H. The topological polar surface area (TPSA) is 0 Å². The summed E-state index contributed by atoms with van der Waals surface area (Å²) in [6, 6.07) is 82.5. The second-order valence-corrected chi connectivity index (χ2v) is 20.7. The molecule has 0 N–H and O–H groups in total. The van der Waals surface area contributed by atoms with Crippen LogP contribution in [0.15, 0.2) is 218 Å². The minimum Gasteiger partial charge on any atom is -0.0624 e. The smallest absolute Gasteiger partial charge is 0.0624 e. The Labute approximate surface area is 297 Å². The van der Waals surface area contributed by atoms with E-state index in [0.29, 0.717) is 0 Å². The Morgan fingerprint density at radius 3 is 1.06 bits per heavy atom. The first-order valence-corrected chi connectivity index (χ1v) is 21.4. The summed E-state index contributed by atoms with van der Waals surface area (Å²) in [4.78, 5) is 0. The SMILES string of the molecule is c1ccc([Si](c2ccccc2)(c2ccccc2)c2cccc([Si]3(c4ccccc4)c4ccccc4-c4ccccc4-c4ccccc43)c2)cc1. The van der Waals surface area contributed by atoms with Crippen molar-refractivity contribution < 1.29 is 0 Å². The lowest BCUT2D eigenvalue weighted by Gasteiger charge is -2.38. The van der Waals surface area contributed by atoms with Crippen LogP contribution in [0.3, 0.4) is 0 Å². The molecule has 0 aromatic heterocycles. The molecule has 2 heteroatoms. The highest BCUT2D eigenvalue weighted by Gasteiger charge is 2.48. The molecule has 0 atom stereocenters. The van der Waals surface area contributed by atoms with Crippen molar-refractivity contribution in [2.75, 3.05) is 0 Å². The van der Waals surface area contributed by atoms with Crippen molar-refractivity contribution in [2.45, 2.75) is 0 Å². The number of hydrogen-bond donors (Lipinski definition) is 0. The molecule has 1 heterocycles. The average molecular weight is 669 g/mol. The van der Waals surface area contributed by atoms with Crippen molar-refractivity contribution in [1.82, 2.24) is 0 Å². The molecule has 0 aliphatic carbocycles. The summed E-state index contributed by atoms with van der Waals surface area (Å²) < 4.78 is 0. The fourth-order valence-electron chi connectivity index (χ4n) is 8.71. The molecule has 236 valence electrons. The lowest BCUT2D eigenvalue weighted by Crippen LogP contribution is -2.78. The van der Waals surface area contributed by atoms with Crippen molar-refractivity contribution in [3.63, 3.8) is 0 Å². The largest absolute Gasteiger partial charge is 0.180 e. The Hall–Kier alpha value is -5.81. The molecule has 1 aliphatic heterocycles. The summed E-state index contributed by atoms with van der Waals surface area (Å²) in [5.74, 6) is 0. The summed E-state index contributed by atoms with van der Waals surface area (Å²) in [6.07, 6.45) is 0. The van der Waals surface area contributed by atoms with Gasteiger partial charge in [-0.2, -0.15) is 0 Å². The molecular formula is C48H36Si2. The Bertz CT molecular complexity index is 2260. The Morgan fingerprint density at radius 1 is 0.260 bits per heavy atom. The Kier molecular flexibility index (Phi) is 7.61. The lowest BCUT2D eigenvalue weighted by atomic mass is 9.95. The van der Waals surface area contributed by atoms with Gasteiger partial charge in [-0.3, -0.25) is 0 Å². The maximum atomic E-state index is 2.63. The predicted octanol–water partition coefficient (Wildman–Crippen LogP) is 6.09. The third kappa shape index (κ3) is 4.57. The molecule has 0 nitrogen and oxygen atoms in total. The van der Waals surface area contributed by atoms with Gasteiger partial charge in [0.1, 0.15) is 0 Å². The third-order valence-corrected chi connectivity index (χ3v) is 20.4. The zero-order valence-electron chi connectivity index (χ0n) is 27.8. The highest BCUT2D eigenvalue weighted by atomic mass is 28.3. The first-order valence-electron chi connectivity index (χ1n) is 17.4. The van der Waals surface area contributed by atoms with E-state index in [1.165, 1.54) is 63.7 Å². The minimum absolute atomic E-state index is 1.30. The van der Waals surface area contributed by atoms with Crippen LogP contribution in [-0.2, 0) is 0 Å². The van der Waals surface area contributed by atoms with E-state index < -0.39 is 16.1 Å². The Balaban J connectivity index is 1.45. The summed E-state index contributed by atoms with van der Waals surface area (Å²) in [5.41, 5.74) is 5.27. The van der Waals surface area contributed by atoms with E-state index in [2.05, 4.69) is 218 Å². The van der Waals surface area contributed by atoms with Gasteiger partial charge in [0.2, 0.25) is 0 Å². The van der Waals surface area contributed by atoms with Crippen LogP contribution in [-0.4, -0.2) is 16.1 Å². The molecule has 0 saturated carbocycles. The summed E-state index contributed by atoms with van der Waals surface area (Å²) in [7, 11) is -5.68. The lowest BCUT2D eigenvalue weighted by molar-refractivity contribution is 1.62. The van der Waals surface area contributed by atoms with Gasteiger partial charge in [0.15, 0.2) is 16.1 Å². The van der Waals surface area contributed by atoms with Crippen LogP contribution in [0.4, 0.5) is 0 Å². The van der Waals surface area contributed by atoms with Crippen LogP contribution in [0.5, 0.6) is 0 Å². The Morgan fingerprint density at radius 2 is 0.600 bits per heavy atom. The molecule has 9 rings (SSSR count). The molecule has 0 amide bonds. The number of benzene rings is 8. The van der Waals surface area contributed by atoms with Crippen molar-refractivity contribution in [3.8, 4) is 22.3 Å². The molecular weight excluding hydrogens is 633 g/mol. The monoisotopic (exact) mass is 668 g/mol. The van der Waals surface area contributed by atoms with E-state index in [1.807, 2.05) is 0 Å². The summed E-state index contributed by atoms with van der Waals surface area (Å²) >= 11 is 0. The zero-order chi connectivity index (χ0) is 33.4. The van der Waals surface area contributed by atoms with Crippen LogP contribution >= 0.6 is 0 Å². The van der Waals surface area contributed by atoms with E-state index in [4.69, 9.17) is 0 Å². The highest BCUT2D eigenvalue weighted by Crippen LogP contribution is 2.35. The predicted molar refractivity (Wildman–Crippen MR) is 218 cm³/mol.